The minimum atomic E-state index is -0.235. The van der Waals surface area contributed by atoms with E-state index in [1.807, 2.05) is 14.1 Å². The highest BCUT2D eigenvalue weighted by Crippen LogP contribution is 2.02. The number of nitrogens with one attached hydrogen (secondary N) is 2. The molecule has 1 amide bonds. The van der Waals surface area contributed by atoms with Crippen LogP contribution in [0.3, 0.4) is 0 Å². The number of rotatable bonds is 9. The van der Waals surface area contributed by atoms with Gasteiger partial charge in [-0.2, -0.15) is 0 Å². The fourth-order valence-corrected chi connectivity index (χ4v) is 1.72. The van der Waals surface area contributed by atoms with Crippen molar-refractivity contribution < 1.29 is 9.18 Å². The molecular formula is C15H24FN3O. The van der Waals surface area contributed by atoms with Crippen LogP contribution in [0.5, 0.6) is 0 Å². The number of halogens is 1. The van der Waals surface area contributed by atoms with Crippen LogP contribution in [0.1, 0.15) is 12.0 Å². The van der Waals surface area contributed by atoms with Crippen molar-refractivity contribution in [3.8, 4) is 0 Å². The molecule has 0 saturated heterocycles. The molecular weight excluding hydrogens is 257 g/mol. The lowest BCUT2D eigenvalue weighted by Crippen LogP contribution is -2.32. The largest absolute Gasteiger partial charge is 0.356 e. The SMILES string of the molecule is CN(C)CCNCCC(=O)NCCc1ccc(F)cc1. The summed E-state index contributed by atoms with van der Waals surface area (Å²) < 4.78 is 12.7. The van der Waals surface area contributed by atoms with Crippen molar-refractivity contribution in [1.29, 1.82) is 0 Å². The monoisotopic (exact) mass is 281 g/mol. The number of likely N-dealkylation sites (N-methyl/N-ethyl adjacent to an activating group) is 1. The van der Waals surface area contributed by atoms with Crippen molar-refractivity contribution in [2.75, 3.05) is 40.3 Å². The molecule has 20 heavy (non-hydrogen) atoms. The van der Waals surface area contributed by atoms with E-state index in [0.717, 1.165) is 25.1 Å². The maximum Gasteiger partial charge on any atom is 0.221 e. The second kappa shape index (κ2) is 9.44. The molecule has 0 aliphatic carbocycles. The van der Waals surface area contributed by atoms with E-state index in [2.05, 4.69) is 15.5 Å². The average molecular weight is 281 g/mol. The van der Waals surface area contributed by atoms with Gasteiger partial charge in [0.15, 0.2) is 0 Å². The molecule has 0 saturated carbocycles. The van der Waals surface area contributed by atoms with Gasteiger partial charge in [0, 0.05) is 32.6 Å². The first kappa shape index (κ1) is 16.6. The molecule has 0 aromatic heterocycles. The zero-order valence-electron chi connectivity index (χ0n) is 12.3. The summed E-state index contributed by atoms with van der Waals surface area (Å²) in [5.41, 5.74) is 1.02. The summed E-state index contributed by atoms with van der Waals surface area (Å²) in [6, 6.07) is 6.35. The minimum absolute atomic E-state index is 0.0458. The molecule has 0 radical (unpaired) electrons. The predicted octanol–water partition coefficient (Wildman–Crippen LogP) is 1.03. The number of amides is 1. The highest BCUT2D eigenvalue weighted by molar-refractivity contribution is 5.76. The van der Waals surface area contributed by atoms with Gasteiger partial charge in [-0.05, 0) is 38.2 Å². The van der Waals surface area contributed by atoms with E-state index < -0.39 is 0 Å². The van der Waals surface area contributed by atoms with Gasteiger partial charge < -0.3 is 15.5 Å². The number of nitrogens with zero attached hydrogens (tertiary/aromatic N) is 1. The number of hydrogen-bond acceptors (Lipinski definition) is 3. The van der Waals surface area contributed by atoms with Gasteiger partial charge in [-0.3, -0.25) is 4.79 Å². The van der Waals surface area contributed by atoms with Crippen LogP contribution in [-0.4, -0.2) is 51.1 Å². The van der Waals surface area contributed by atoms with E-state index >= 15 is 0 Å². The van der Waals surface area contributed by atoms with Gasteiger partial charge in [-0.1, -0.05) is 12.1 Å². The molecule has 1 aromatic rings. The Morgan fingerprint density at radius 2 is 1.85 bits per heavy atom. The van der Waals surface area contributed by atoms with Crippen molar-refractivity contribution in [3.63, 3.8) is 0 Å². The third-order valence-electron chi connectivity index (χ3n) is 2.91. The van der Waals surface area contributed by atoms with Gasteiger partial charge in [-0.15, -0.1) is 0 Å². The van der Waals surface area contributed by atoms with Crippen LogP contribution >= 0.6 is 0 Å². The van der Waals surface area contributed by atoms with Crippen LogP contribution in [0.4, 0.5) is 4.39 Å². The molecule has 0 fully saturated rings. The minimum Gasteiger partial charge on any atom is -0.356 e. The zero-order chi connectivity index (χ0) is 14.8. The number of carbonyl (C=O) groups excluding carboxylic acids is 1. The lowest BCUT2D eigenvalue weighted by atomic mass is 10.1. The molecule has 1 aromatic carbocycles. The van der Waals surface area contributed by atoms with Crippen LogP contribution in [0.25, 0.3) is 0 Å². The summed E-state index contributed by atoms with van der Waals surface area (Å²) >= 11 is 0. The summed E-state index contributed by atoms with van der Waals surface area (Å²) in [7, 11) is 4.04. The van der Waals surface area contributed by atoms with Crippen molar-refractivity contribution >= 4 is 5.91 Å². The molecule has 0 spiro atoms. The summed E-state index contributed by atoms with van der Waals surface area (Å²) in [6.45, 7) is 3.13. The fraction of sp³-hybridized carbons (Fsp3) is 0.533. The Balaban J connectivity index is 2.04. The molecule has 112 valence electrons. The molecule has 0 unspecified atom stereocenters. The van der Waals surface area contributed by atoms with E-state index in [1.54, 1.807) is 12.1 Å². The maximum atomic E-state index is 12.7. The summed E-state index contributed by atoms with van der Waals surface area (Å²) in [5.74, 6) is -0.189. The normalized spacial score (nSPS) is 10.8. The molecule has 5 heteroatoms. The van der Waals surface area contributed by atoms with Gasteiger partial charge >= 0.3 is 0 Å². The first-order valence-corrected chi connectivity index (χ1v) is 6.94. The first-order valence-electron chi connectivity index (χ1n) is 6.94. The van der Waals surface area contributed by atoms with Crippen LogP contribution in [0, 0.1) is 5.82 Å². The lowest BCUT2D eigenvalue weighted by molar-refractivity contribution is -0.120. The predicted molar refractivity (Wildman–Crippen MR) is 79.2 cm³/mol. The van der Waals surface area contributed by atoms with Crippen molar-refractivity contribution in [3.05, 3.63) is 35.6 Å². The summed E-state index contributed by atoms with van der Waals surface area (Å²) in [5, 5.41) is 6.08. The molecule has 1 rings (SSSR count). The standard InChI is InChI=1S/C15H24FN3O/c1-19(2)12-11-17-9-8-15(20)18-10-7-13-3-5-14(16)6-4-13/h3-6,17H,7-12H2,1-2H3,(H,18,20). The quantitative estimate of drug-likeness (QED) is 0.664. The van der Waals surface area contributed by atoms with Gasteiger partial charge in [-0.25, -0.2) is 4.39 Å². The number of benzene rings is 1. The van der Waals surface area contributed by atoms with Crippen molar-refractivity contribution in [2.45, 2.75) is 12.8 Å². The van der Waals surface area contributed by atoms with E-state index in [-0.39, 0.29) is 11.7 Å². The third-order valence-corrected chi connectivity index (χ3v) is 2.91. The molecule has 0 atom stereocenters. The van der Waals surface area contributed by atoms with E-state index in [9.17, 15) is 9.18 Å². The highest BCUT2D eigenvalue weighted by Gasteiger charge is 2.01. The Morgan fingerprint density at radius 1 is 1.15 bits per heavy atom. The van der Waals surface area contributed by atoms with Crippen LogP contribution < -0.4 is 10.6 Å². The topological polar surface area (TPSA) is 44.4 Å². The van der Waals surface area contributed by atoms with E-state index in [1.165, 1.54) is 12.1 Å². The zero-order valence-corrected chi connectivity index (χ0v) is 12.3. The Hall–Kier alpha value is -1.46. The van der Waals surface area contributed by atoms with Crippen LogP contribution in [0.15, 0.2) is 24.3 Å². The average Bonchev–Trinajstić information content (AvgIpc) is 2.40. The Morgan fingerprint density at radius 3 is 2.50 bits per heavy atom. The number of hydrogen-bond donors (Lipinski definition) is 2. The Kier molecular flexibility index (Phi) is 7.84. The first-order chi connectivity index (χ1) is 9.58. The molecule has 0 aliphatic rings. The Labute approximate surface area is 120 Å². The summed E-state index contributed by atoms with van der Waals surface area (Å²) in [4.78, 5) is 13.7. The van der Waals surface area contributed by atoms with Crippen molar-refractivity contribution in [2.24, 2.45) is 0 Å². The third kappa shape index (κ3) is 7.86. The van der Waals surface area contributed by atoms with Crippen LogP contribution in [-0.2, 0) is 11.2 Å². The fourth-order valence-electron chi connectivity index (χ4n) is 1.72. The number of carbonyl (C=O) groups is 1. The Bertz CT molecular complexity index is 393. The van der Waals surface area contributed by atoms with Gasteiger partial charge in [0.2, 0.25) is 5.91 Å². The molecule has 0 heterocycles. The van der Waals surface area contributed by atoms with Gasteiger partial charge in [0.1, 0.15) is 5.82 Å². The smallest absolute Gasteiger partial charge is 0.221 e. The van der Waals surface area contributed by atoms with E-state index in [0.29, 0.717) is 19.5 Å². The highest BCUT2D eigenvalue weighted by atomic mass is 19.1. The summed E-state index contributed by atoms with van der Waals surface area (Å²) in [6.07, 6.45) is 1.21. The second-order valence-corrected chi connectivity index (χ2v) is 5.03. The van der Waals surface area contributed by atoms with Gasteiger partial charge in [0.25, 0.3) is 0 Å². The molecule has 0 bridgehead atoms. The van der Waals surface area contributed by atoms with Crippen LogP contribution in [0.2, 0.25) is 0 Å². The second-order valence-electron chi connectivity index (χ2n) is 5.03. The maximum absolute atomic E-state index is 12.7. The molecule has 2 N–H and O–H groups in total. The molecule has 4 nitrogen and oxygen atoms in total. The lowest BCUT2D eigenvalue weighted by Gasteiger charge is -2.10. The van der Waals surface area contributed by atoms with Gasteiger partial charge in [0.05, 0.1) is 0 Å². The van der Waals surface area contributed by atoms with E-state index in [4.69, 9.17) is 0 Å². The van der Waals surface area contributed by atoms with Crippen molar-refractivity contribution in [1.82, 2.24) is 15.5 Å². The molecule has 0 aliphatic heterocycles.